The van der Waals surface area contributed by atoms with Crippen LogP contribution in [0.15, 0.2) is 12.1 Å². The predicted molar refractivity (Wildman–Crippen MR) is 66.3 cm³/mol. The van der Waals surface area contributed by atoms with Crippen molar-refractivity contribution in [3.8, 4) is 0 Å². The van der Waals surface area contributed by atoms with Crippen LogP contribution in [0.2, 0.25) is 5.02 Å². The maximum Gasteiger partial charge on any atom is 0.126 e. The summed E-state index contributed by atoms with van der Waals surface area (Å²) in [4.78, 5) is 0. The average molecular weight is 248 g/mol. The molecule has 1 aromatic rings. The van der Waals surface area contributed by atoms with Crippen molar-refractivity contribution < 1.29 is 4.39 Å². The van der Waals surface area contributed by atoms with E-state index < -0.39 is 0 Å². The molecular formula is C11H15ClFNS. The van der Waals surface area contributed by atoms with Crippen molar-refractivity contribution in [3.05, 3.63) is 34.1 Å². The quantitative estimate of drug-likeness (QED) is 0.602. The van der Waals surface area contributed by atoms with E-state index in [0.717, 1.165) is 24.3 Å². The molecule has 0 radical (unpaired) electrons. The minimum Gasteiger partial charge on any atom is -0.313 e. The standard InChI is InChI=1S/C11H15ClFNS/c1-8-5-10(12)9(6-11(8)13)7-14-3-2-4-15/h5-6,14-15H,2-4,7H2,1H3. The van der Waals surface area contributed by atoms with Gasteiger partial charge in [0.25, 0.3) is 0 Å². The lowest BCUT2D eigenvalue weighted by molar-refractivity contribution is 0.611. The minimum atomic E-state index is -0.203. The summed E-state index contributed by atoms with van der Waals surface area (Å²) in [5.41, 5.74) is 1.39. The fourth-order valence-electron chi connectivity index (χ4n) is 1.25. The Bertz CT molecular complexity index is 331. The van der Waals surface area contributed by atoms with E-state index >= 15 is 0 Å². The molecule has 0 unspecified atom stereocenters. The van der Waals surface area contributed by atoms with Crippen LogP contribution in [-0.2, 0) is 6.54 Å². The molecule has 0 bridgehead atoms. The molecule has 15 heavy (non-hydrogen) atoms. The van der Waals surface area contributed by atoms with Crippen LogP contribution in [0, 0.1) is 12.7 Å². The highest BCUT2D eigenvalue weighted by atomic mass is 35.5. The van der Waals surface area contributed by atoms with Gasteiger partial charge >= 0.3 is 0 Å². The van der Waals surface area contributed by atoms with Crippen LogP contribution in [0.25, 0.3) is 0 Å². The molecule has 0 fully saturated rings. The molecule has 0 aromatic heterocycles. The SMILES string of the molecule is Cc1cc(Cl)c(CNCCCS)cc1F. The third kappa shape index (κ3) is 4.01. The van der Waals surface area contributed by atoms with Gasteiger partial charge in [0.1, 0.15) is 5.82 Å². The molecule has 0 amide bonds. The summed E-state index contributed by atoms with van der Waals surface area (Å²) in [5, 5.41) is 3.81. The normalized spacial score (nSPS) is 10.7. The summed E-state index contributed by atoms with van der Waals surface area (Å²) in [6, 6.07) is 3.15. The summed E-state index contributed by atoms with van der Waals surface area (Å²) < 4.78 is 13.2. The highest BCUT2D eigenvalue weighted by molar-refractivity contribution is 7.80. The summed E-state index contributed by atoms with van der Waals surface area (Å²) in [5.74, 6) is 0.647. The summed E-state index contributed by atoms with van der Waals surface area (Å²) in [6.07, 6.45) is 0.995. The molecule has 0 atom stereocenters. The Morgan fingerprint density at radius 1 is 1.47 bits per heavy atom. The van der Waals surface area contributed by atoms with Crippen molar-refractivity contribution in [2.24, 2.45) is 0 Å². The fourth-order valence-corrected chi connectivity index (χ4v) is 1.69. The van der Waals surface area contributed by atoms with Gasteiger partial charge in [0, 0.05) is 11.6 Å². The number of rotatable bonds is 5. The van der Waals surface area contributed by atoms with Gasteiger partial charge in [-0.15, -0.1) is 0 Å². The van der Waals surface area contributed by atoms with Crippen molar-refractivity contribution >= 4 is 24.2 Å². The molecule has 0 saturated heterocycles. The molecule has 0 aliphatic heterocycles. The molecule has 1 aromatic carbocycles. The lowest BCUT2D eigenvalue weighted by Gasteiger charge is -2.07. The lowest BCUT2D eigenvalue weighted by atomic mass is 10.1. The topological polar surface area (TPSA) is 12.0 Å². The molecular weight excluding hydrogens is 233 g/mol. The second kappa shape index (κ2) is 6.36. The Kier molecular flexibility index (Phi) is 5.43. The monoisotopic (exact) mass is 247 g/mol. The first kappa shape index (κ1) is 12.8. The van der Waals surface area contributed by atoms with Crippen molar-refractivity contribution in [2.75, 3.05) is 12.3 Å². The Hall–Kier alpha value is -0.250. The maximum absolute atomic E-state index is 13.2. The van der Waals surface area contributed by atoms with Gasteiger partial charge in [-0.25, -0.2) is 4.39 Å². The van der Waals surface area contributed by atoms with Crippen molar-refractivity contribution in [3.63, 3.8) is 0 Å². The number of aryl methyl sites for hydroxylation is 1. The van der Waals surface area contributed by atoms with Gasteiger partial charge in [0.2, 0.25) is 0 Å². The zero-order valence-electron chi connectivity index (χ0n) is 8.69. The Morgan fingerprint density at radius 3 is 2.87 bits per heavy atom. The smallest absolute Gasteiger partial charge is 0.126 e. The first-order chi connectivity index (χ1) is 7.15. The van der Waals surface area contributed by atoms with Crippen LogP contribution in [0.5, 0.6) is 0 Å². The first-order valence-corrected chi connectivity index (χ1v) is 5.92. The van der Waals surface area contributed by atoms with Gasteiger partial charge in [-0.05, 0) is 48.9 Å². The van der Waals surface area contributed by atoms with Crippen LogP contribution in [0.1, 0.15) is 17.5 Å². The highest BCUT2D eigenvalue weighted by Gasteiger charge is 2.04. The maximum atomic E-state index is 13.2. The van der Waals surface area contributed by atoms with Crippen LogP contribution in [-0.4, -0.2) is 12.3 Å². The predicted octanol–water partition coefficient (Wildman–Crippen LogP) is 3.20. The number of halogens is 2. The zero-order valence-corrected chi connectivity index (χ0v) is 10.3. The van der Waals surface area contributed by atoms with Gasteiger partial charge in [0.05, 0.1) is 0 Å². The van der Waals surface area contributed by atoms with E-state index in [2.05, 4.69) is 17.9 Å². The summed E-state index contributed by atoms with van der Waals surface area (Å²) >= 11 is 10.1. The van der Waals surface area contributed by atoms with E-state index in [1.54, 1.807) is 13.0 Å². The van der Waals surface area contributed by atoms with E-state index in [4.69, 9.17) is 11.6 Å². The molecule has 1 nitrogen and oxygen atoms in total. The van der Waals surface area contributed by atoms with Crippen molar-refractivity contribution in [1.29, 1.82) is 0 Å². The van der Waals surface area contributed by atoms with Gasteiger partial charge in [-0.2, -0.15) is 12.6 Å². The lowest BCUT2D eigenvalue weighted by Crippen LogP contribution is -2.15. The Balaban J connectivity index is 2.57. The zero-order chi connectivity index (χ0) is 11.3. The number of hydrogen-bond acceptors (Lipinski definition) is 2. The number of hydrogen-bond donors (Lipinski definition) is 2. The first-order valence-electron chi connectivity index (χ1n) is 4.91. The third-order valence-corrected chi connectivity index (χ3v) is 2.82. The molecule has 4 heteroatoms. The Morgan fingerprint density at radius 2 is 2.20 bits per heavy atom. The summed E-state index contributed by atoms with van der Waals surface area (Å²) in [7, 11) is 0. The molecule has 0 aliphatic rings. The fraction of sp³-hybridized carbons (Fsp3) is 0.455. The van der Waals surface area contributed by atoms with E-state index in [1.807, 2.05) is 0 Å². The average Bonchev–Trinajstić information content (AvgIpc) is 2.20. The second-order valence-electron chi connectivity index (χ2n) is 3.45. The number of thiol groups is 1. The van der Waals surface area contributed by atoms with Gasteiger partial charge < -0.3 is 5.32 Å². The van der Waals surface area contributed by atoms with Gasteiger partial charge in [-0.3, -0.25) is 0 Å². The van der Waals surface area contributed by atoms with E-state index in [9.17, 15) is 4.39 Å². The molecule has 0 spiro atoms. The van der Waals surface area contributed by atoms with E-state index in [-0.39, 0.29) is 5.82 Å². The molecule has 1 rings (SSSR count). The molecule has 0 saturated carbocycles. The molecule has 1 N–H and O–H groups in total. The highest BCUT2D eigenvalue weighted by Crippen LogP contribution is 2.20. The molecule has 0 aliphatic carbocycles. The second-order valence-corrected chi connectivity index (χ2v) is 4.30. The molecule has 84 valence electrons. The molecule has 0 heterocycles. The summed E-state index contributed by atoms with van der Waals surface area (Å²) in [6.45, 7) is 3.18. The van der Waals surface area contributed by atoms with E-state index in [0.29, 0.717) is 17.1 Å². The number of nitrogens with one attached hydrogen (secondary N) is 1. The van der Waals surface area contributed by atoms with Crippen LogP contribution < -0.4 is 5.32 Å². The minimum absolute atomic E-state index is 0.203. The largest absolute Gasteiger partial charge is 0.313 e. The van der Waals surface area contributed by atoms with Crippen LogP contribution >= 0.6 is 24.2 Å². The number of benzene rings is 1. The van der Waals surface area contributed by atoms with Gasteiger partial charge in [-0.1, -0.05) is 11.6 Å². The van der Waals surface area contributed by atoms with Crippen LogP contribution in [0.4, 0.5) is 4.39 Å². The third-order valence-electron chi connectivity index (χ3n) is 2.15. The Labute approximate surface area is 100 Å². The van der Waals surface area contributed by atoms with Crippen molar-refractivity contribution in [2.45, 2.75) is 19.9 Å². The van der Waals surface area contributed by atoms with Gasteiger partial charge in [0.15, 0.2) is 0 Å². The van der Waals surface area contributed by atoms with Crippen LogP contribution in [0.3, 0.4) is 0 Å². The van der Waals surface area contributed by atoms with Crippen molar-refractivity contribution in [1.82, 2.24) is 5.32 Å². The van der Waals surface area contributed by atoms with E-state index in [1.165, 1.54) is 6.07 Å².